The molecule has 1 unspecified atom stereocenters. The van der Waals surface area contributed by atoms with Crippen LogP contribution in [0.2, 0.25) is 5.02 Å². The Kier molecular flexibility index (Phi) is 3.46. The van der Waals surface area contributed by atoms with Crippen molar-refractivity contribution in [1.29, 1.82) is 0 Å². The largest absolute Gasteiger partial charge is 0.469 e. The zero-order valence-electron chi connectivity index (χ0n) is 11.3. The Morgan fingerprint density at radius 2 is 2.09 bits per heavy atom. The summed E-state index contributed by atoms with van der Waals surface area (Å²) in [5.41, 5.74) is 5.92. The van der Waals surface area contributed by atoms with Crippen LogP contribution in [0.5, 0.6) is 0 Å². The fourth-order valence-corrected chi connectivity index (χ4v) is 2.75. The van der Waals surface area contributed by atoms with Gasteiger partial charge in [-0.1, -0.05) is 11.6 Å². The molecule has 1 aromatic carbocycles. The van der Waals surface area contributed by atoms with E-state index in [9.17, 15) is 14.4 Å². The second-order valence-corrected chi connectivity index (χ2v) is 5.31. The minimum absolute atomic E-state index is 0.0536. The van der Waals surface area contributed by atoms with E-state index in [0.29, 0.717) is 22.0 Å². The molecule has 0 spiro atoms. The van der Waals surface area contributed by atoms with Gasteiger partial charge in [0.25, 0.3) is 0 Å². The summed E-state index contributed by atoms with van der Waals surface area (Å²) in [7, 11) is 0. The lowest BCUT2D eigenvalue weighted by molar-refractivity contribution is -0.127. The molecule has 3 rings (SSSR count). The van der Waals surface area contributed by atoms with Crippen molar-refractivity contribution in [3.05, 3.63) is 52.9 Å². The van der Waals surface area contributed by atoms with E-state index in [0.717, 1.165) is 4.90 Å². The minimum Gasteiger partial charge on any atom is -0.469 e. The maximum Gasteiger partial charge on any atom is 0.326 e. The average Bonchev–Trinajstić information content (AvgIpc) is 3.03. The van der Waals surface area contributed by atoms with Gasteiger partial charge >= 0.3 is 6.03 Å². The van der Waals surface area contributed by atoms with E-state index in [1.807, 2.05) is 0 Å². The molecule has 1 aliphatic rings. The molecule has 0 aliphatic carbocycles. The third-order valence-corrected chi connectivity index (χ3v) is 3.71. The van der Waals surface area contributed by atoms with Gasteiger partial charge in [-0.05, 0) is 35.9 Å². The molecule has 6 nitrogen and oxygen atoms in total. The van der Waals surface area contributed by atoms with Gasteiger partial charge in [-0.3, -0.25) is 9.59 Å². The number of Topliss-reactive ketones (excluding diaryl/α,β-unsaturated/α-hetero) is 1. The number of anilines is 1. The van der Waals surface area contributed by atoms with E-state index in [2.05, 4.69) is 0 Å². The Morgan fingerprint density at radius 3 is 2.73 bits per heavy atom. The molecule has 1 aromatic heterocycles. The zero-order chi connectivity index (χ0) is 15.9. The smallest absolute Gasteiger partial charge is 0.326 e. The standard InChI is InChI=1S/C15H11ClN2O4/c16-8-3-4-11-10(6-8)13(14(20)18(11)15(17)21)12(19)7-9-2-1-5-22-9/h1-6,13H,7H2,(H2,17,21). The Balaban J connectivity index is 2.01. The first-order valence-corrected chi connectivity index (χ1v) is 6.85. The van der Waals surface area contributed by atoms with Crippen LogP contribution in [-0.4, -0.2) is 17.7 Å². The van der Waals surface area contributed by atoms with Crippen molar-refractivity contribution in [1.82, 2.24) is 0 Å². The maximum absolute atomic E-state index is 12.5. The van der Waals surface area contributed by atoms with Gasteiger partial charge in [0.2, 0.25) is 5.91 Å². The van der Waals surface area contributed by atoms with Crippen LogP contribution in [-0.2, 0) is 16.0 Å². The number of rotatable bonds is 3. The number of halogens is 1. The molecule has 2 heterocycles. The summed E-state index contributed by atoms with van der Waals surface area (Å²) in [6.07, 6.45) is 1.39. The van der Waals surface area contributed by atoms with E-state index in [1.54, 1.807) is 12.1 Å². The van der Waals surface area contributed by atoms with Crippen LogP contribution in [0.25, 0.3) is 0 Å². The molecular weight excluding hydrogens is 308 g/mol. The number of fused-ring (bicyclic) bond motifs is 1. The summed E-state index contributed by atoms with van der Waals surface area (Å²) in [4.78, 5) is 37.2. The summed E-state index contributed by atoms with van der Waals surface area (Å²) in [6, 6.07) is 6.90. The van der Waals surface area contributed by atoms with Gasteiger partial charge in [0.05, 0.1) is 18.4 Å². The Morgan fingerprint density at radius 1 is 1.32 bits per heavy atom. The number of primary amides is 1. The van der Waals surface area contributed by atoms with Gasteiger partial charge in [-0.2, -0.15) is 0 Å². The highest BCUT2D eigenvalue weighted by Crippen LogP contribution is 2.39. The zero-order valence-corrected chi connectivity index (χ0v) is 12.0. The fraction of sp³-hybridized carbons (Fsp3) is 0.133. The van der Waals surface area contributed by atoms with Crippen LogP contribution in [0.15, 0.2) is 41.0 Å². The lowest BCUT2D eigenvalue weighted by Crippen LogP contribution is -2.40. The van der Waals surface area contributed by atoms with Crippen molar-refractivity contribution in [3.63, 3.8) is 0 Å². The predicted octanol–water partition coefficient (Wildman–Crippen LogP) is 2.25. The van der Waals surface area contributed by atoms with Crippen molar-refractivity contribution in [2.75, 3.05) is 4.90 Å². The van der Waals surface area contributed by atoms with Gasteiger partial charge in [0.1, 0.15) is 11.7 Å². The first-order valence-electron chi connectivity index (χ1n) is 6.47. The third-order valence-electron chi connectivity index (χ3n) is 3.48. The van der Waals surface area contributed by atoms with Crippen LogP contribution >= 0.6 is 11.6 Å². The van der Waals surface area contributed by atoms with E-state index in [1.165, 1.54) is 24.5 Å². The second-order valence-electron chi connectivity index (χ2n) is 4.87. The molecule has 1 atom stereocenters. The number of nitrogens with zero attached hydrogens (tertiary/aromatic N) is 1. The molecule has 0 bridgehead atoms. The summed E-state index contributed by atoms with van der Waals surface area (Å²) >= 11 is 5.94. The normalized spacial score (nSPS) is 16.7. The van der Waals surface area contributed by atoms with Crippen molar-refractivity contribution in [2.24, 2.45) is 5.73 Å². The quantitative estimate of drug-likeness (QED) is 0.878. The number of furan rings is 1. The number of hydrogen-bond donors (Lipinski definition) is 1. The molecule has 2 N–H and O–H groups in total. The van der Waals surface area contributed by atoms with E-state index < -0.39 is 17.9 Å². The molecule has 7 heteroatoms. The van der Waals surface area contributed by atoms with Gasteiger partial charge < -0.3 is 10.2 Å². The highest BCUT2D eigenvalue weighted by Gasteiger charge is 2.44. The number of ketones is 1. The number of benzene rings is 1. The summed E-state index contributed by atoms with van der Waals surface area (Å²) in [6.45, 7) is 0. The van der Waals surface area contributed by atoms with Crippen LogP contribution in [0.4, 0.5) is 10.5 Å². The number of imide groups is 1. The van der Waals surface area contributed by atoms with E-state index in [4.69, 9.17) is 21.8 Å². The number of carbonyl (C=O) groups excluding carboxylic acids is 3. The number of hydrogen-bond acceptors (Lipinski definition) is 4. The molecule has 0 radical (unpaired) electrons. The second kappa shape index (κ2) is 5.31. The first kappa shape index (κ1) is 14.3. The predicted molar refractivity (Wildman–Crippen MR) is 78.7 cm³/mol. The van der Waals surface area contributed by atoms with Crippen LogP contribution < -0.4 is 10.6 Å². The van der Waals surface area contributed by atoms with Crippen molar-refractivity contribution in [3.8, 4) is 0 Å². The lowest BCUT2D eigenvalue weighted by atomic mass is 9.94. The lowest BCUT2D eigenvalue weighted by Gasteiger charge is -2.12. The molecule has 0 fully saturated rings. The highest BCUT2D eigenvalue weighted by molar-refractivity contribution is 6.32. The molecule has 112 valence electrons. The number of urea groups is 1. The summed E-state index contributed by atoms with van der Waals surface area (Å²) < 4.78 is 5.12. The fourth-order valence-electron chi connectivity index (χ4n) is 2.57. The number of nitrogens with two attached hydrogens (primary N) is 1. The van der Waals surface area contributed by atoms with Crippen LogP contribution in [0.1, 0.15) is 17.2 Å². The number of amides is 3. The highest BCUT2D eigenvalue weighted by atomic mass is 35.5. The first-order chi connectivity index (χ1) is 10.5. The SMILES string of the molecule is NC(=O)N1C(=O)C(C(=O)Cc2ccco2)c2cc(Cl)ccc21. The third kappa shape index (κ3) is 2.27. The molecule has 1 aliphatic heterocycles. The Labute approximate surface area is 130 Å². The minimum atomic E-state index is -1.11. The molecule has 0 saturated heterocycles. The topological polar surface area (TPSA) is 93.6 Å². The van der Waals surface area contributed by atoms with E-state index >= 15 is 0 Å². The Hall–Kier alpha value is -2.60. The molecule has 2 aromatic rings. The molecular formula is C15H11ClN2O4. The van der Waals surface area contributed by atoms with Crippen molar-refractivity contribution < 1.29 is 18.8 Å². The van der Waals surface area contributed by atoms with Gasteiger partial charge in [-0.15, -0.1) is 0 Å². The molecule has 0 saturated carbocycles. The Bertz CT molecular complexity index is 770. The summed E-state index contributed by atoms with van der Waals surface area (Å²) in [5, 5.41) is 0.369. The van der Waals surface area contributed by atoms with Gasteiger partial charge in [-0.25, -0.2) is 9.69 Å². The van der Waals surface area contributed by atoms with Crippen LogP contribution in [0.3, 0.4) is 0 Å². The van der Waals surface area contributed by atoms with Crippen molar-refractivity contribution in [2.45, 2.75) is 12.3 Å². The maximum atomic E-state index is 12.5. The summed E-state index contributed by atoms with van der Waals surface area (Å²) in [5.74, 6) is -1.71. The molecule has 22 heavy (non-hydrogen) atoms. The number of carbonyl (C=O) groups is 3. The molecule has 3 amide bonds. The van der Waals surface area contributed by atoms with Crippen molar-refractivity contribution >= 4 is 35.0 Å². The van der Waals surface area contributed by atoms with Gasteiger partial charge in [0.15, 0.2) is 5.78 Å². The average molecular weight is 319 g/mol. The van der Waals surface area contributed by atoms with Gasteiger partial charge in [0, 0.05) is 5.02 Å². The van der Waals surface area contributed by atoms with E-state index in [-0.39, 0.29) is 12.2 Å². The monoisotopic (exact) mass is 318 g/mol. The van der Waals surface area contributed by atoms with Crippen LogP contribution in [0, 0.1) is 0 Å².